The number of amides is 1. The average molecular weight is 456 g/mol. The Balaban J connectivity index is 1.33. The number of benzene rings is 2. The number of carbonyl (C=O) groups excluding carboxylic acids is 1. The van der Waals surface area contributed by atoms with E-state index < -0.39 is 15.9 Å². The summed E-state index contributed by atoms with van der Waals surface area (Å²) >= 11 is 0. The maximum absolute atomic E-state index is 12.5. The maximum Gasteiger partial charge on any atom is 0.262 e. The number of anilines is 1. The van der Waals surface area contributed by atoms with Crippen molar-refractivity contribution < 1.29 is 17.9 Å². The molecule has 2 heterocycles. The van der Waals surface area contributed by atoms with Crippen LogP contribution in [0.4, 0.5) is 5.69 Å². The van der Waals surface area contributed by atoms with E-state index in [-0.39, 0.29) is 18.0 Å². The Bertz CT molecular complexity index is 1230. The predicted octanol–water partition coefficient (Wildman–Crippen LogP) is 1.36. The highest BCUT2D eigenvalue weighted by Crippen LogP contribution is 2.16. The van der Waals surface area contributed by atoms with E-state index >= 15 is 0 Å². The normalized spacial score (nSPS) is 13.4. The molecule has 0 spiro atoms. The lowest BCUT2D eigenvalue weighted by Crippen LogP contribution is -2.29. The molecule has 4 rings (SSSR count). The number of nitrogens with one attached hydrogen (secondary N) is 2. The smallest absolute Gasteiger partial charge is 0.262 e. The molecule has 1 aliphatic heterocycles. The number of sulfonamides is 1. The Morgan fingerprint density at radius 3 is 2.75 bits per heavy atom. The SMILES string of the molecule is O=C(Cn1nnc(COc2ccccc2)n1)Nc1cccc(S(=O)(=O)NC2=NCCC2)c1. The van der Waals surface area contributed by atoms with Crippen LogP contribution in [0, 0.1) is 0 Å². The predicted molar refractivity (Wildman–Crippen MR) is 116 cm³/mol. The van der Waals surface area contributed by atoms with Crippen molar-refractivity contribution in [2.24, 2.45) is 4.99 Å². The molecule has 2 N–H and O–H groups in total. The van der Waals surface area contributed by atoms with E-state index in [2.05, 4.69) is 30.4 Å². The van der Waals surface area contributed by atoms with Gasteiger partial charge in [0.2, 0.25) is 11.7 Å². The highest BCUT2D eigenvalue weighted by molar-refractivity contribution is 7.90. The van der Waals surface area contributed by atoms with Gasteiger partial charge in [-0.15, -0.1) is 10.2 Å². The first-order valence-electron chi connectivity index (χ1n) is 9.88. The number of hydrogen-bond acceptors (Lipinski definition) is 8. The zero-order chi connectivity index (χ0) is 22.4. The lowest BCUT2D eigenvalue weighted by molar-refractivity contribution is -0.117. The van der Waals surface area contributed by atoms with Crippen molar-refractivity contribution >= 4 is 27.5 Å². The van der Waals surface area contributed by atoms with E-state index in [1.165, 1.54) is 12.1 Å². The van der Waals surface area contributed by atoms with Crippen LogP contribution in [0.15, 0.2) is 64.5 Å². The lowest BCUT2D eigenvalue weighted by atomic mass is 10.3. The van der Waals surface area contributed by atoms with E-state index in [9.17, 15) is 13.2 Å². The number of hydrogen-bond donors (Lipinski definition) is 2. The van der Waals surface area contributed by atoms with E-state index in [0.717, 1.165) is 11.2 Å². The molecular formula is C20H21N7O4S. The van der Waals surface area contributed by atoms with Gasteiger partial charge in [-0.3, -0.25) is 14.5 Å². The molecule has 3 aromatic rings. The number of aromatic nitrogens is 4. The minimum Gasteiger partial charge on any atom is -0.485 e. The third kappa shape index (κ3) is 5.66. The van der Waals surface area contributed by atoms with E-state index in [0.29, 0.717) is 36.1 Å². The number of ether oxygens (including phenoxy) is 1. The van der Waals surface area contributed by atoms with E-state index in [1.54, 1.807) is 12.1 Å². The second-order valence-electron chi connectivity index (χ2n) is 6.95. The third-order valence-electron chi connectivity index (χ3n) is 4.45. The summed E-state index contributed by atoms with van der Waals surface area (Å²) in [6.07, 6.45) is 1.42. The Morgan fingerprint density at radius 2 is 1.97 bits per heavy atom. The summed E-state index contributed by atoms with van der Waals surface area (Å²) in [7, 11) is -3.77. The Hall–Kier alpha value is -3.80. The molecule has 0 saturated heterocycles. The molecule has 0 aliphatic carbocycles. The highest BCUT2D eigenvalue weighted by atomic mass is 32.2. The molecule has 0 unspecified atom stereocenters. The number of carbonyl (C=O) groups is 1. The summed E-state index contributed by atoms with van der Waals surface area (Å²) in [5.74, 6) is 1.02. The summed E-state index contributed by atoms with van der Waals surface area (Å²) in [6.45, 7) is 0.540. The van der Waals surface area contributed by atoms with Crippen LogP contribution in [-0.2, 0) is 28.0 Å². The van der Waals surface area contributed by atoms with Crippen molar-refractivity contribution in [1.82, 2.24) is 24.9 Å². The van der Waals surface area contributed by atoms with Gasteiger partial charge in [0.05, 0.1) is 4.90 Å². The minimum atomic E-state index is -3.77. The fraction of sp³-hybridized carbons (Fsp3) is 0.250. The molecule has 12 heteroatoms. The topological polar surface area (TPSA) is 140 Å². The lowest BCUT2D eigenvalue weighted by Gasteiger charge is -2.10. The second kappa shape index (κ2) is 9.56. The maximum atomic E-state index is 12.5. The Labute approximate surface area is 184 Å². The second-order valence-corrected chi connectivity index (χ2v) is 8.63. The molecule has 11 nitrogen and oxygen atoms in total. The van der Waals surface area contributed by atoms with Crippen molar-refractivity contribution in [1.29, 1.82) is 0 Å². The number of para-hydroxylation sites is 1. The number of amidine groups is 1. The molecule has 0 saturated carbocycles. The summed E-state index contributed by atoms with van der Waals surface area (Å²) in [5, 5.41) is 14.5. The molecule has 32 heavy (non-hydrogen) atoms. The van der Waals surface area contributed by atoms with Gasteiger partial charge in [0.25, 0.3) is 10.0 Å². The molecular weight excluding hydrogens is 434 g/mol. The van der Waals surface area contributed by atoms with Crippen LogP contribution in [0.1, 0.15) is 18.7 Å². The van der Waals surface area contributed by atoms with Gasteiger partial charge in [-0.1, -0.05) is 24.3 Å². The van der Waals surface area contributed by atoms with E-state index in [1.807, 2.05) is 30.3 Å². The monoisotopic (exact) mass is 455 g/mol. The van der Waals surface area contributed by atoms with Gasteiger partial charge in [-0.2, -0.15) is 4.80 Å². The molecule has 0 atom stereocenters. The molecule has 1 aliphatic rings. The Kier molecular flexibility index (Phi) is 6.40. The largest absolute Gasteiger partial charge is 0.485 e. The molecule has 0 fully saturated rings. The third-order valence-corrected chi connectivity index (χ3v) is 5.82. The van der Waals surface area contributed by atoms with Crippen LogP contribution in [0.2, 0.25) is 0 Å². The van der Waals surface area contributed by atoms with Crippen LogP contribution in [0.5, 0.6) is 5.75 Å². The zero-order valence-electron chi connectivity index (χ0n) is 17.0. The molecule has 1 amide bonds. The quantitative estimate of drug-likeness (QED) is 0.522. The van der Waals surface area contributed by atoms with Gasteiger partial charge in [-0.25, -0.2) is 8.42 Å². The van der Waals surface area contributed by atoms with Crippen molar-refractivity contribution in [3.05, 3.63) is 60.4 Å². The first-order chi connectivity index (χ1) is 15.5. The fourth-order valence-corrected chi connectivity index (χ4v) is 4.11. The molecule has 166 valence electrons. The number of nitrogens with zero attached hydrogens (tertiary/aromatic N) is 5. The van der Waals surface area contributed by atoms with Crippen LogP contribution >= 0.6 is 0 Å². The van der Waals surface area contributed by atoms with Crippen LogP contribution in [-0.4, -0.2) is 46.9 Å². The molecule has 1 aromatic heterocycles. The van der Waals surface area contributed by atoms with Crippen molar-refractivity contribution in [2.75, 3.05) is 11.9 Å². The van der Waals surface area contributed by atoms with Gasteiger partial charge in [-0.05, 0) is 42.0 Å². The summed E-state index contributed by atoms with van der Waals surface area (Å²) < 4.78 is 33.1. The first kappa shape index (κ1) is 21.4. The van der Waals surface area contributed by atoms with Crippen molar-refractivity contribution in [3.63, 3.8) is 0 Å². The molecule has 2 aromatic carbocycles. The number of aliphatic imine (C=N–C) groups is 1. The summed E-state index contributed by atoms with van der Waals surface area (Å²) in [6, 6.07) is 15.2. The van der Waals surface area contributed by atoms with Crippen molar-refractivity contribution in [3.8, 4) is 5.75 Å². The van der Waals surface area contributed by atoms with Gasteiger partial charge in [0.1, 0.15) is 18.1 Å². The zero-order valence-corrected chi connectivity index (χ0v) is 17.8. The highest BCUT2D eigenvalue weighted by Gasteiger charge is 2.19. The molecule has 0 radical (unpaired) electrons. The number of rotatable bonds is 8. The number of tetrazole rings is 1. The van der Waals surface area contributed by atoms with Gasteiger partial charge < -0.3 is 10.1 Å². The average Bonchev–Trinajstić information content (AvgIpc) is 3.45. The first-order valence-corrected chi connectivity index (χ1v) is 11.4. The van der Waals surface area contributed by atoms with Gasteiger partial charge in [0.15, 0.2) is 6.61 Å². The van der Waals surface area contributed by atoms with Crippen LogP contribution in [0.3, 0.4) is 0 Å². The minimum absolute atomic E-state index is 0.0316. The standard InChI is InChI=1S/C20H21N7O4S/c28-20(13-27-24-19(23-26-27)14-31-16-7-2-1-3-8-16)22-15-6-4-9-17(12-15)32(29,30)25-18-10-5-11-21-18/h1-4,6-9,12H,5,10-11,13-14H2,(H,21,25)(H,22,28). The molecule has 0 bridgehead atoms. The van der Waals surface area contributed by atoms with Gasteiger partial charge in [0, 0.05) is 18.7 Å². The van der Waals surface area contributed by atoms with E-state index in [4.69, 9.17) is 4.74 Å². The van der Waals surface area contributed by atoms with Crippen molar-refractivity contribution in [2.45, 2.75) is 30.9 Å². The van der Waals surface area contributed by atoms with Crippen LogP contribution in [0.25, 0.3) is 0 Å². The summed E-state index contributed by atoms with van der Waals surface area (Å²) in [5.41, 5.74) is 0.332. The van der Waals surface area contributed by atoms with Crippen LogP contribution < -0.4 is 14.8 Å². The Morgan fingerprint density at radius 1 is 1.12 bits per heavy atom. The fourth-order valence-electron chi connectivity index (χ4n) is 2.97. The van der Waals surface area contributed by atoms with Gasteiger partial charge >= 0.3 is 0 Å². The summed E-state index contributed by atoms with van der Waals surface area (Å²) in [4.78, 5) is 17.6.